The molecule has 1 atom stereocenters. The van der Waals surface area contributed by atoms with Crippen LogP contribution in [-0.2, 0) is 14.4 Å². The van der Waals surface area contributed by atoms with Crippen LogP contribution in [0.4, 0.5) is 5.69 Å². The third kappa shape index (κ3) is 10.8. The molecule has 220 valence electrons. The number of unbranched alkanes of at least 4 members (excludes halogenated alkanes) is 9. The number of amidine groups is 1. The van der Waals surface area contributed by atoms with Gasteiger partial charge >= 0.3 is 5.97 Å². The smallest absolute Gasteiger partial charge is 0.351 e. The fraction of sp³-hybridized carbons (Fsp3) is 0.516. The summed E-state index contributed by atoms with van der Waals surface area (Å²) in [6.45, 7) is 2.23. The number of methoxy groups -OCH3 is 3. The highest BCUT2D eigenvalue weighted by Crippen LogP contribution is 2.39. The van der Waals surface area contributed by atoms with Gasteiger partial charge in [0, 0.05) is 18.6 Å². The second kappa shape index (κ2) is 18.5. The summed E-state index contributed by atoms with van der Waals surface area (Å²) in [4.78, 5) is 31.7. The first-order valence-electron chi connectivity index (χ1n) is 14.1. The first-order valence-corrected chi connectivity index (χ1v) is 14.1. The minimum atomic E-state index is -1.30. The first-order chi connectivity index (χ1) is 19.4. The molecule has 0 heterocycles. The summed E-state index contributed by atoms with van der Waals surface area (Å²) in [5.74, 6) is -1.46. The molecule has 2 aromatic rings. The van der Waals surface area contributed by atoms with Gasteiger partial charge in [-0.2, -0.15) is 0 Å². The van der Waals surface area contributed by atoms with Crippen molar-refractivity contribution in [2.45, 2.75) is 83.5 Å². The van der Waals surface area contributed by atoms with Crippen LogP contribution in [-0.4, -0.2) is 39.0 Å². The van der Waals surface area contributed by atoms with Crippen LogP contribution in [0, 0.1) is 0 Å². The highest BCUT2D eigenvalue weighted by Gasteiger charge is 2.32. The average Bonchev–Trinajstić information content (AvgIpc) is 2.97. The van der Waals surface area contributed by atoms with Crippen LogP contribution < -0.4 is 25.3 Å². The van der Waals surface area contributed by atoms with Gasteiger partial charge in [0.1, 0.15) is 28.8 Å². The second-order valence-electron chi connectivity index (χ2n) is 9.66. The van der Waals surface area contributed by atoms with Crippen molar-refractivity contribution in [2.75, 3.05) is 26.6 Å². The normalized spacial score (nSPS) is 11.9. The molecule has 0 aromatic heterocycles. The number of amides is 1. The molecule has 9 nitrogen and oxygen atoms in total. The summed E-state index contributed by atoms with van der Waals surface area (Å²) < 4.78 is 16.1. The summed E-state index contributed by atoms with van der Waals surface area (Å²) in [5, 5.41) is 6.57. The van der Waals surface area contributed by atoms with Gasteiger partial charge in [-0.1, -0.05) is 100 Å². The number of benzene rings is 2. The zero-order valence-electron chi connectivity index (χ0n) is 24.4. The van der Waals surface area contributed by atoms with Gasteiger partial charge in [-0.15, -0.1) is 0 Å². The van der Waals surface area contributed by atoms with E-state index in [0.29, 0.717) is 29.2 Å². The Morgan fingerprint density at radius 2 is 1.38 bits per heavy atom. The Balaban J connectivity index is 1.99. The minimum absolute atomic E-state index is 0.221. The van der Waals surface area contributed by atoms with Crippen molar-refractivity contribution in [1.29, 1.82) is 0 Å². The number of nitrogens with one attached hydrogen (secondary N) is 1. The lowest BCUT2D eigenvalue weighted by molar-refractivity contribution is -0.147. The quantitative estimate of drug-likeness (QED) is 0.0503. The van der Waals surface area contributed by atoms with E-state index in [0.717, 1.165) is 19.3 Å². The molecule has 9 heteroatoms. The Hall–Kier alpha value is -3.75. The van der Waals surface area contributed by atoms with Gasteiger partial charge in [-0.25, -0.2) is 4.79 Å². The van der Waals surface area contributed by atoms with Crippen LogP contribution in [0.25, 0.3) is 0 Å². The van der Waals surface area contributed by atoms with Crippen molar-refractivity contribution in [3.05, 3.63) is 48.0 Å². The van der Waals surface area contributed by atoms with Gasteiger partial charge in [0.25, 0.3) is 0 Å². The molecular weight excluding hydrogens is 510 g/mol. The number of carbonyl (C=O) groups is 2. The molecule has 1 amide bonds. The zero-order valence-corrected chi connectivity index (χ0v) is 24.4. The number of ether oxygens (including phenoxy) is 3. The van der Waals surface area contributed by atoms with E-state index in [9.17, 15) is 9.59 Å². The molecule has 0 bridgehead atoms. The van der Waals surface area contributed by atoms with E-state index in [1.165, 1.54) is 66.3 Å². The molecule has 0 aliphatic heterocycles. The highest BCUT2D eigenvalue weighted by atomic mass is 16.7. The summed E-state index contributed by atoms with van der Waals surface area (Å²) in [6, 6.07) is 11.8. The standard InChI is InChI=1S/C31H45N3O6/c1-5-6-7-8-9-10-11-12-13-17-20-27(32)34-40-31(36)28(23-18-15-14-16-19-23)30(35)33-29-25(38-3)21-24(37-2)22-26(29)39-4/h14-16,18-19,21-22,28H,5-13,17,20H2,1-4H3,(H2,32,34)(H,33,35). The van der Waals surface area contributed by atoms with Crippen molar-refractivity contribution in [3.8, 4) is 17.2 Å². The van der Waals surface area contributed by atoms with E-state index in [2.05, 4.69) is 17.4 Å². The van der Waals surface area contributed by atoms with Gasteiger partial charge in [0.15, 0.2) is 5.92 Å². The summed E-state index contributed by atoms with van der Waals surface area (Å²) in [5.41, 5.74) is 6.70. The van der Waals surface area contributed by atoms with Gasteiger partial charge in [0.05, 0.1) is 21.3 Å². The summed E-state index contributed by atoms with van der Waals surface area (Å²) in [6.07, 6.45) is 12.6. The second-order valence-corrected chi connectivity index (χ2v) is 9.66. The maximum Gasteiger partial charge on any atom is 0.351 e. The number of nitrogens with two attached hydrogens (primary N) is 1. The molecule has 0 aliphatic rings. The maximum absolute atomic E-state index is 13.4. The van der Waals surface area contributed by atoms with E-state index in [4.69, 9.17) is 24.8 Å². The number of rotatable bonds is 19. The lowest BCUT2D eigenvalue weighted by Crippen LogP contribution is -2.29. The van der Waals surface area contributed by atoms with E-state index >= 15 is 0 Å². The predicted molar refractivity (Wildman–Crippen MR) is 158 cm³/mol. The number of carbonyl (C=O) groups excluding carboxylic acids is 2. The van der Waals surface area contributed by atoms with Crippen LogP contribution in [0.3, 0.4) is 0 Å². The fourth-order valence-electron chi connectivity index (χ4n) is 4.36. The van der Waals surface area contributed by atoms with Crippen molar-refractivity contribution in [3.63, 3.8) is 0 Å². The molecule has 2 aromatic carbocycles. The van der Waals surface area contributed by atoms with Crippen molar-refractivity contribution >= 4 is 23.4 Å². The van der Waals surface area contributed by atoms with E-state index in [1.807, 2.05) is 0 Å². The maximum atomic E-state index is 13.4. The fourth-order valence-corrected chi connectivity index (χ4v) is 4.36. The van der Waals surface area contributed by atoms with E-state index < -0.39 is 17.8 Å². The Morgan fingerprint density at radius 3 is 1.90 bits per heavy atom. The Kier molecular flexibility index (Phi) is 15.0. The molecule has 0 radical (unpaired) electrons. The van der Waals surface area contributed by atoms with Gasteiger partial charge in [0.2, 0.25) is 5.91 Å². The lowest BCUT2D eigenvalue weighted by Gasteiger charge is -2.19. The third-order valence-electron chi connectivity index (χ3n) is 6.63. The van der Waals surface area contributed by atoms with Crippen LogP contribution in [0.15, 0.2) is 47.6 Å². The monoisotopic (exact) mass is 555 g/mol. The minimum Gasteiger partial charge on any atom is -0.496 e. The van der Waals surface area contributed by atoms with Crippen LogP contribution >= 0.6 is 0 Å². The number of hydrogen-bond donors (Lipinski definition) is 2. The zero-order chi connectivity index (χ0) is 29.2. The van der Waals surface area contributed by atoms with Gasteiger partial charge in [-0.05, 0) is 12.0 Å². The predicted octanol–water partition coefficient (Wildman–Crippen LogP) is 6.56. The SMILES string of the molecule is CCCCCCCCCCCC/C(N)=N/OC(=O)C(C(=O)Nc1c(OC)cc(OC)cc1OC)c1ccccc1. The van der Waals surface area contributed by atoms with E-state index in [-0.39, 0.29) is 11.5 Å². The Bertz CT molecular complexity index is 1050. The number of oxime groups is 1. The molecule has 0 fully saturated rings. The van der Waals surface area contributed by atoms with Crippen LogP contribution in [0.5, 0.6) is 17.2 Å². The van der Waals surface area contributed by atoms with Crippen LogP contribution in [0.1, 0.15) is 89.0 Å². The van der Waals surface area contributed by atoms with Gasteiger partial charge < -0.3 is 30.1 Å². The van der Waals surface area contributed by atoms with Crippen molar-refractivity contribution < 1.29 is 28.6 Å². The molecular formula is C31H45N3O6. The topological polar surface area (TPSA) is 121 Å². The van der Waals surface area contributed by atoms with E-state index in [1.54, 1.807) is 42.5 Å². The molecule has 40 heavy (non-hydrogen) atoms. The molecule has 0 saturated carbocycles. The number of hydrogen-bond acceptors (Lipinski definition) is 7. The number of anilines is 1. The molecule has 0 aliphatic carbocycles. The lowest BCUT2D eigenvalue weighted by atomic mass is 9.98. The van der Waals surface area contributed by atoms with Crippen molar-refractivity contribution in [2.24, 2.45) is 10.9 Å². The van der Waals surface area contributed by atoms with Gasteiger partial charge in [-0.3, -0.25) is 4.79 Å². The molecule has 2 rings (SSSR count). The molecule has 0 saturated heterocycles. The summed E-state index contributed by atoms with van der Waals surface area (Å²) in [7, 11) is 4.43. The molecule has 1 unspecified atom stereocenters. The first kappa shape index (κ1) is 32.5. The van der Waals surface area contributed by atoms with Crippen LogP contribution in [0.2, 0.25) is 0 Å². The third-order valence-corrected chi connectivity index (χ3v) is 6.63. The average molecular weight is 556 g/mol. The van der Waals surface area contributed by atoms with Crippen molar-refractivity contribution in [1.82, 2.24) is 0 Å². The highest BCUT2D eigenvalue weighted by molar-refractivity contribution is 6.10. The largest absolute Gasteiger partial charge is 0.496 e. The summed E-state index contributed by atoms with van der Waals surface area (Å²) >= 11 is 0. The molecule has 0 spiro atoms. The molecule has 3 N–H and O–H groups in total. The Labute approximate surface area is 238 Å². The number of nitrogens with zero attached hydrogens (tertiary/aromatic N) is 1. The Morgan fingerprint density at radius 1 is 0.825 bits per heavy atom.